The minimum Gasteiger partial charge on any atom is -0.467 e. The van der Waals surface area contributed by atoms with Crippen molar-refractivity contribution in [1.29, 1.82) is 0 Å². The van der Waals surface area contributed by atoms with Gasteiger partial charge in [0.25, 0.3) is 0 Å². The first kappa shape index (κ1) is 11.0. The smallest absolute Gasteiger partial charge is 0.467 e. The number of nitrogens with zero attached hydrogens (tertiary/aromatic N) is 1. The predicted octanol–water partition coefficient (Wildman–Crippen LogP) is -1.49. The molecule has 1 N–H and O–H groups in total. The van der Waals surface area contributed by atoms with Crippen molar-refractivity contribution in [2.75, 3.05) is 0 Å². The molecule has 0 fully saturated rings. The van der Waals surface area contributed by atoms with Gasteiger partial charge in [-0.1, -0.05) is 31.9 Å². The molecule has 0 radical (unpaired) electrons. The Morgan fingerprint density at radius 2 is 2.10 bits per heavy atom. The molecule has 0 unspecified atom stereocenters. The van der Waals surface area contributed by atoms with Gasteiger partial charge in [0, 0.05) is 0 Å². The second kappa shape index (κ2) is 4.14. The Labute approximate surface area is 111 Å². The Bertz CT molecular complexity index is 174. The van der Waals surface area contributed by atoms with Gasteiger partial charge in [-0.2, -0.15) is 0 Å². The Balaban J connectivity index is 0.000000810. The zero-order valence-electron chi connectivity index (χ0n) is 7.02. The third kappa shape index (κ3) is 2.95. The van der Waals surface area contributed by atoms with Gasteiger partial charge in [-0.05, 0) is 6.33 Å². The number of aromatic amines is 1. The van der Waals surface area contributed by atoms with E-state index < -0.39 is 0 Å². The van der Waals surface area contributed by atoms with E-state index in [9.17, 15) is 0 Å². The van der Waals surface area contributed by atoms with Crippen LogP contribution in [0.2, 0.25) is 0 Å². The molecule has 1 rings (SSSR count). The monoisotopic (exact) mass is 208 g/mol. The fourth-order valence-corrected chi connectivity index (χ4v) is 0.610. The normalized spacial score (nSPS) is 10.7. The molecule has 0 aromatic carbocycles. The quantitative estimate of drug-likeness (QED) is 0.518. The van der Waals surface area contributed by atoms with Crippen molar-refractivity contribution in [2.24, 2.45) is 0 Å². The average Bonchev–Trinajstić information content (AvgIpc) is 2.08. The van der Waals surface area contributed by atoms with Crippen molar-refractivity contribution in [3.8, 4) is 0 Å². The maximum atomic E-state index is 4.01. The number of aromatic nitrogens is 2. The summed E-state index contributed by atoms with van der Waals surface area (Å²) in [6, 6.07) is 0. The van der Waals surface area contributed by atoms with Gasteiger partial charge in [0.15, 0.2) is 0 Å². The molecule has 0 amide bonds. The summed E-state index contributed by atoms with van der Waals surface area (Å²) in [5.41, 5.74) is 1.21. The molecule has 0 spiro atoms. The van der Waals surface area contributed by atoms with Crippen molar-refractivity contribution in [3.63, 3.8) is 0 Å². The number of hydrogen-bond acceptors (Lipinski definition) is 1. The largest absolute Gasteiger partial charge is 1.00 e. The summed E-state index contributed by atoms with van der Waals surface area (Å²) in [7, 11) is 0. The summed E-state index contributed by atoms with van der Waals surface area (Å²) in [6.07, 6.45) is 4.54. The summed E-state index contributed by atoms with van der Waals surface area (Å²) in [5.74, 6) is 0. The molecule has 1 heterocycles. The molecular weight excluding hydrogens is 198 g/mol. The van der Waals surface area contributed by atoms with Gasteiger partial charge in [0.05, 0.1) is 0 Å². The van der Waals surface area contributed by atoms with Crippen LogP contribution in [-0.2, 0) is 5.41 Å². The summed E-state index contributed by atoms with van der Waals surface area (Å²) >= 11 is 0. The van der Waals surface area contributed by atoms with E-state index in [0.717, 1.165) is 5.69 Å². The topological polar surface area (TPSA) is 28.7 Å². The Morgan fingerprint density at radius 1 is 1.50 bits per heavy atom. The Kier molecular flexibility index (Phi) is 4.56. The van der Waals surface area contributed by atoms with Crippen molar-refractivity contribution in [1.82, 2.24) is 9.97 Å². The van der Waals surface area contributed by atoms with Crippen molar-refractivity contribution in [3.05, 3.63) is 18.2 Å². The summed E-state index contributed by atoms with van der Waals surface area (Å²) < 4.78 is 0. The van der Waals surface area contributed by atoms with Crippen LogP contribution in [0.15, 0.2) is 6.20 Å². The van der Waals surface area contributed by atoms with Gasteiger partial charge in [-0.15, -0.1) is 6.20 Å². The molecular formula is C7H11N2Rb. The number of rotatable bonds is 0. The van der Waals surface area contributed by atoms with Crippen LogP contribution in [0.25, 0.3) is 0 Å². The van der Waals surface area contributed by atoms with Crippen LogP contribution in [0.3, 0.4) is 0 Å². The summed E-state index contributed by atoms with van der Waals surface area (Å²) in [6.45, 7) is 6.37. The molecule has 0 atom stereocenters. The first-order chi connectivity index (χ1) is 4.11. The number of H-pyrrole nitrogens is 1. The zero-order chi connectivity index (χ0) is 6.91. The third-order valence-corrected chi connectivity index (χ3v) is 1.22. The Morgan fingerprint density at radius 3 is 2.30 bits per heavy atom. The van der Waals surface area contributed by atoms with Gasteiger partial charge in [-0.25, -0.2) is 0 Å². The standard InChI is InChI=1S/C7H11N2.Rb/c1-7(2,3)6-4-8-5-9-6;/h4H,1-3H3,(H,8,9);/q-1;+1. The fraction of sp³-hybridized carbons (Fsp3) is 0.571. The molecule has 0 aliphatic carbocycles. The van der Waals surface area contributed by atoms with Gasteiger partial charge >= 0.3 is 58.2 Å². The Hall–Kier alpha value is 1.02. The van der Waals surface area contributed by atoms with E-state index in [1.165, 1.54) is 0 Å². The summed E-state index contributed by atoms with van der Waals surface area (Å²) in [5, 5.41) is 0. The minimum absolute atomic E-state index is 0. The van der Waals surface area contributed by atoms with Crippen LogP contribution in [0.1, 0.15) is 26.5 Å². The molecule has 1 aromatic heterocycles. The van der Waals surface area contributed by atoms with E-state index in [1.807, 2.05) is 6.20 Å². The van der Waals surface area contributed by atoms with Gasteiger partial charge in [-0.3, -0.25) is 0 Å². The van der Waals surface area contributed by atoms with Crippen molar-refractivity contribution in [2.45, 2.75) is 26.2 Å². The molecule has 0 saturated heterocycles. The van der Waals surface area contributed by atoms with E-state index in [0.29, 0.717) is 0 Å². The molecule has 0 bridgehead atoms. The van der Waals surface area contributed by atoms with Crippen LogP contribution >= 0.6 is 0 Å². The number of hydrogen-bond donors (Lipinski definition) is 1. The number of imidazole rings is 1. The molecule has 0 saturated carbocycles. The SMILES string of the molecule is CC(C)(C)c1c[nH][c-]n1.[Rb+]. The predicted molar refractivity (Wildman–Crippen MR) is 36.1 cm³/mol. The zero-order valence-corrected chi connectivity index (χ0v) is 11.9. The first-order valence-corrected chi connectivity index (χ1v) is 3.02. The van der Waals surface area contributed by atoms with Crippen LogP contribution in [0.4, 0.5) is 0 Å². The molecule has 2 nitrogen and oxygen atoms in total. The van der Waals surface area contributed by atoms with Gasteiger partial charge in [0.1, 0.15) is 0 Å². The maximum Gasteiger partial charge on any atom is 1.00 e. The van der Waals surface area contributed by atoms with E-state index in [2.05, 4.69) is 37.1 Å². The molecule has 50 valence electrons. The van der Waals surface area contributed by atoms with Crippen LogP contribution in [0.5, 0.6) is 0 Å². The van der Waals surface area contributed by atoms with E-state index in [1.54, 1.807) is 0 Å². The second-order valence-corrected chi connectivity index (χ2v) is 3.15. The molecule has 3 heteroatoms. The van der Waals surface area contributed by atoms with Gasteiger partial charge < -0.3 is 9.97 Å². The van der Waals surface area contributed by atoms with Crippen LogP contribution in [0, 0.1) is 6.33 Å². The van der Waals surface area contributed by atoms with Gasteiger partial charge in [0.2, 0.25) is 0 Å². The third-order valence-electron chi connectivity index (χ3n) is 1.22. The molecule has 1 aromatic rings. The van der Waals surface area contributed by atoms with Crippen LogP contribution < -0.4 is 58.2 Å². The minimum atomic E-state index is 0. The molecule has 10 heavy (non-hydrogen) atoms. The van der Waals surface area contributed by atoms with E-state index in [-0.39, 0.29) is 63.6 Å². The molecule has 0 aliphatic rings. The van der Waals surface area contributed by atoms with Crippen molar-refractivity contribution >= 4 is 0 Å². The molecule has 0 aliphatic heterocycles. The van der Waals surface area contributed by atoms with E-state index in [4.69, 9.17) is 0 Å². The second-order valence-electron chi connectivity index (χ2n) is 3.15. The van der Waals surface area contributed by atoms with Crippen molar-refractivity contribution < 1.29 is 58.2 Å². The fourth-order valence-electron chi connectivity index (χ4n) is 0.610. The maximum absolute atomic E-state index is 4.01. The summed E-state index contributed by atoms with van der Waals surface area (Å²) in [4.78, 5) is 6.81. The number of nitrogens with one attached hydrogen (secondary N) is 1. The first-order valence-electron chi connectivity index (χ1n) is 3.02. The average molecular weight is 209 g/mol. The van der Waals surface area contributed by atoms with E-state index >= 15 is 0 Å². The van der Waals surface area contributed by atoms with Crippen LogP contribution in [-0.4, -0.2) is 9.97 Å².